The average molecular weight is 195 g/mol. The van der Waals surface area contributed by atoms with Crippen LogP contribution in [0.4, 0.5) is 5.69 Å². The predicted molar refractivity (Wildman–Crippen MR) is 53.1 cm³/mol. The number of carbonyl (C=O) groups is 1. The van der Waals surface area contributed by atoms with Crippen LogP contribution in [0.1, 0.15) is 12.5 Å². The highest BCUT2D eigenvalue weighted by Crippen LogP contribution is 2.27. The van der Waals surface area contributed by atoms with Gasteiger partial charge < -0.3 is 10.2 Å². The van der Waals surface area contributed by atoms with E-state index in [0.29, 0.717) is 11.4 Å². The molecule has 0 radical (unpaired) electrons. The summed E-state index contributed by atoms with van der Waals surface area (Å²) in [5.74, 6) is 0.364. The van der Waals surface area contributed by atoms with E-state index in [1.807, 2.05) is 19.1 Å². The van der Waals surface area contributed by atoms with E-state index in [4.69, 9.17) is 4.89 Å². The molecule has 0 atom stereocenters. The lowest BCUT2D eigenvalue weighted by Crippen LogP contribution is -2.09. The topological polar surface area (TPSA) is 47.6 Å². The van der Waals surface area contributed by atoms with E-state index >= 15 is 0 Å². The second-order valence-corrected chi connectivity index (χ2v) is 2.88. The van der Waals surface area contributed by atoms with E-state index in [2.05, 4.69) is 10.2 Å². The molecule has 0 aliphatic carbocycles. The Labute approximate surface area is 82.8 Å². The molecule has 1 aromatic carbocycles. The summed E-state index contributed by atoms with van der Waals surface area (Å²) in [4.78, 5) is 20.4. The number of aryl methyl sites for hydroxylation is 1. The van der Waals surface area contributed by atoms with Crippen LogP contribution in [-0.4, -0.2) is 13.0 Å². The first-order valence-electron chi connectivity index (χ1n) is 4.23. The fourth-order valence-electron chi connectivity index (χ4n) is 1.14. The van der Waals surface area contributed by atoms with Crippen molar-refractivity contribution in [2.75, 3.05) is 12.4 Å². The SMILES string of the molecule is COOc1cccc(C)c1NC(C)=O. The normalized spacial score (nSPS) is 9.64. The summed E-state index contributed by atoms with van der Waals surface area (Å²) in [5.41, 5.74) is 1.57. The molecule has 1 aromatic rings. The summed E-state index contributed by atoms with van der Waals surface area (Å²) in [6, 6.07) is 5.44. The molecule has 1 N–H and O–H groups in total. The number of nitrogens with one attached hydrogen (secondary N) is 1. The lowest BCUT2D eigenvalue weighted by Gasteiger charge is -2.10. The van der Waals surface area contributed by atoms with Gasteiger partial charge >= 0.3 is 0 Å². The van der Waals surface area contributed by atoms with E-state index in [1.54, 1.807) is 6.07 Å². The molecule has 0 fully saturated rings. The third-order valence-electron chi connectivity index (χ3n) is 1.71. The number of amides is 1. The zero-order valence-corrected chi connectivity index (χ0v) is 8.46. The van der Waals surface area contributed by atoms with Gasteiger partial charge in [-0.15, -0.1) is 0 Å². The van der Waals surface area contributed by atoms with Crippen molar-refractivity contribution in [3.8, 4) is 5.75 Å². The first-order valence-corrected chi connectivity index (χ1v) is 4.23. The van der Waals surface area contributed by atoms with Gasteiger partial charge in [0.1, 0.15) is 0 Å². The molecule has 0 aliphatic rings. The number of hydrogen-bond donors (Lipinski definition) is 1. The van der Waals surface area contributed by atoms with Gasteiger partial charge in [0.25, 0.3) is 0 Å². The number of hydrogen-bond acceptors (Lipinski definition) is 3. The van der Waals surface area contributed by atoms with Gasteiger partial charge in [0.2, 0.25) is 5.91 Å². The smallest absolute Gasteiger partial charge is 0.221 e. The Kier molecular flexibility index (Phi) is 3.48. The Bertz CT molecular complexity index is 336. The maximum atomic E-state index is 10.9. The van der Waals surface area contributed by atoms with Crippen molar-refractivity contribution in [1.82, 2.24) is 0 Å². The fourth-order valence-corrected chi connectivity index (χ4v) is 1.14. The van der Waals surface area contributed by atoms with Gasteiger partial charge in [-0.1, -0.05) is 12.1 Å². The van der Waals surface area contributed by atoms with E-state index < -0.39 is 0 Å². The largest absolute Gasteiger partial charge is 0.336 e. The van der Waals surface area contributed by atoms with Crippen LogP contribution < -0.4 is 10.2 Å². The zero-order valence-electron chi connectivity index (χ0n) is 8.46. The Morgan fingerprint density at radius 2 is 2.14 bits per heavy atom. The number of carbonyl (C=O) groups excluding carboxylic acids is 1. The van der Waals surface area contributed by atoms with Crippen molar-refractivity contribution in [2.24, 2.45) is 0 Å². The lowest BCUT2D eigenvalue weighted by atomic mass is 10.2. The Balaban J connectivity index is 3.02. The van der Waals surface area contributed by atoms with Crippen molar-refractivity contribution < 1.29 is 14.6 Å². The molecule has 1 rings (SSSR count). The summed E-state index contributed by atoms with van der Waals surface area (Å²) in [6.45, 7) is 3.33. The van der Waals surface area contributed by atoms with Crippen LogP contribution in [-0.2, 0) is 9.68 Å². The minimum absolute atomic E-state index is 0.139. The van der Waals surface area contributed by atoms with Crippen LogP contribution in [0, 0.1) is 6.92 Å². The van der Waals surface area contributed by atoms with Gasteiger partial charge in [0.15, 0.2) is 5.75 Å². The molecule has 14 heavy (non-hydrogen) atoms. The molecule has 0 saturated carbocycles. The highest BCUT2D eigenvalue weighted by Gasteiger charge is 2.08. The molecule has 1 amide bonds. The van der Waals surface area contributed by atoms with Crippen molar-refractivity contribution in [1.29, 1.82) is 0 Å². The standard InChI is InChI=1S/C10H13NO3/c1-7-5-4-6-9(14-13-3)10(7)11-8(2)12/h4-6H,1-3H3,(H,11,12). The van der Waals surface area contributed by atoms with Crippen LogP contribution in [0.2, 0.25) is 0 Å². The number of anilines is 1. The number of benzene rings is 1. The number of rotatable bonds is 3. The molecule has 0 heterocycles. The maximum absolute atomic E-state index is 10.9. The highest BCUT2D eigenvalue weighted by molar-refractivity contribution is 5.91. The molecule has 4 nitrogen and oxygen atoms in total. The van der Waals surface area contributed by atoms with Gasteiger partial charge in [-0.3, -0.25) is 4.79 Å². The third kappa shape index (κ3) is 2.47. The first kappa shape index (κ1) is 10.5. The molecule has 0 spiro atoms. The summed E-state index contributed by atoms with van der Waals surface area (Å²) in [6.07, 6.45) is 0. The van der Waals surface area contributed by atoms with Gasteiger partial charge in [-0.2, -0.15) is 4.89 Å². The van der Waals surface area contributed by atoms with Crippen LogP contribution >= 0.6 is 0 Å². The molecule has 0 saturated heterocycles. The van der Waals surface area contributed by atoms with Crippen molar-refractivity contribution in [3.63, 3.8) is 0 Å². The Hall–Kier alpha value is -1.55. The molecule has 0 unspecified atom stereocenters. The summed E-state index contributed by atoms with van der Waals surface area (Å²) < 4.78 is 0. The van der Waals surface area contributed by atoms with Gasteiger partial charge in [0, 0.05) is 6.92 Å². The third-order valence-corrected chi connectivity index (χ3v) is 1.71. The Morgan fingerprint density at radius 1 is 1.43 bits per heavy atom. The summed E-state index contributed by atoms with van der Waals surface area (Å²) >= 11 is 0. The second kappa shape index (κ2) is 4.62. The molecule has 0 bridgehead atoms. The summed E-state index contributed by atoms with van der Waals surface area (Å²) in [5, 5.41) is 2.68. The van der Waals surface area contributed by atoms with E-state index in [0.717, 1.165) is 5.56 Å². The molecule has 0 aliphatic heterocycles. The monoisotopic (exact) mass is 195 g/mol. The van der Waals surface area contributed by atoms with Crippen LogP contribution in [0.5, 0.6) is 5.75 Å². The Morgan fingerprint density at radius 3 is 2.71 bits per heavy atom. The van der Waals surface area contributed by atoms with Crippen molar-refractivity contribution in [3.05, 3.63) is 23.8 Å². The minimum atomic E-state index is -0.139. The van der Waals surface area contributed by atoms with Gasteiger partial charge in [0.05, 0.1) is 12.8 Å². The van der Waals surface area contributed by atoms with E-state index in [1.165, 1.54) is 14.0 Å². The number of para-hydroxylation sites is 1. The highest BCUT2D eigenvalue weighted by atomic mass is 17.2. The van der Waals surface area contributed by atoms with Crippen molar-refractivity contribution in [2.45, 2.75) is 13.8 Å². The van der Waals surface area contributed by atoms with E-state index in [-0.39, 0.29) is 5.91 Å². The van der Waals surface area contributed by atoms with Crippen molar-refractivity contribution >= 4 is 11.6 Å². The van der Waals surface area contributed by atoms with Crippen LogP contribution in [0.3, 0.4) is 0 Å². The average Bonchev–Trinajstić information content (AvgIpc) is 2.11. The minimum Gasteiger partial charge on any atom is -0.336 e. The second-order valence-electron chi connectivity index (χ2n) is 2.88. The molecule has 4 heteroatoms. The maximum Gasteiger partial charge on any atom is 0.221 e. The van der Waals surface area contributed by atoms with E-state index in [9.17, 15) is 4.79 Å². The predicted octanol–water partition coefficient (Wildman–Crippen LogP) is 1.89. The quantitative estimate of drug-likeness (QED) is 0.591. The lowest BCUT2D eigenvalue weighted by molar-refractivity contribution is -0.177. The molecular weight excluding hydrogens is 182 g/mol. The zero-order chi connectivity index (χ0) is 10.6. The summed E-state index contributed by atoms with van der Waals surface area (Å²) in [7, 11) is 1.42. The molecule has 76 valence electrons. The molecular formula is C10H13NO3. The van der Waals surface area contributed by atoms with Gasteiger partial charge in [-0.25, -0.2) is 0 Å². The molecule has 0 aromatic heterocycles. The van der Waals surface area contributed by atoms with Crippen LogP contribution in [0.25, 0.3) is 0 Å². The fraction of sp³-hybridized carbons (Fsp3) is 0.300. The van der Waals surface area contributed by atoms with Gasteiger partial charge in [-0.05, 0) is 18.6 Å². The first-order chi connectivity index (χ1) is 6.65. The van der Waals surface area contributed by atoms with Crippen LogP contribution in [0.15, 0.2) is 18.2 Å².